The van der Waals surface area contributed by atoms with Crippen molar-refractivity contribution in [2.45, 2.75) is 330 Å². The summed E-state index contributed by atoms with van der Waals surface area (Å²) in [5, 5.41) is 120. The summed E-state index contributed by atoms with van der Waals surface area (Å²) >= 11 is 0. The van der Waals surface area contributed by atoms with Crippen LogP contribution in [0, 0.1) is 0 Å². The van der Waals surface area contributed by atoms with Crippen LogP contribution >= 0.6 is 0 Å². The summed E-state index contributed by atoms with van der Waals surface area (Å²) in [6.07, 6.45) is 40.9. The Morgan fingerprint density at radius 3 is 1.20 bits per heavy atom. The van der Waals surface area contributed by atoms with E-state index in [-0.39, 0.29) is 18.9 Å². The lowest BCUT2D eigenvalue weighted by molar-refractivity contribution is -0.379. The normalized spacial score (nSPS) is 28.6. The number of hydrogen-bond donors (Lipinski definition) is 12. The van der Waals surface area contributed by atoms with Gasteiger partial charge in [0, 0.05) is 6.42 Å². The minimum atomic E-state index is -1.98. The van der Waals surface area contributed by atoms with Crippen LogP contribution in [0.15, 0.2) is 85.1 Å². The number of amides is 1. The van der Waals surface area contributed by atoms with Crippen LogP contribution in [0.4, 0.5) is 0 Å². The summed E-state index contributed by atoms with van der Waals surface area (Å²) in [4.78, 5) is 13.3. The predicted molar refractivity (Wildman–Crippen MR) is 351 cm³/mol. The number of allylic oxidation sites excluding steroid dienone is 13. The lowest BCUT2D eigenvalue weighted by Crippen LogP contribution is -2.66. The molecule has 1 amide bonds. The first-order valence-electron chi connectivity index (χ1n) is 34.8. The largest absolute Gasteiger partial charge is 0.394 e. The maximum absolute atomic E-state index is 13.3. The third kappa shape index (κ3) is 33.9. The molecular weight excluding hydrogens is 1150 g/mol. The number of nitrogens with one attached hydrogen (secondary N) is 1. The quantitative estimate of drug-likeness (QED) is 0.0200. The van der Waals surface area contributed by atoms with E-state index in [4.69, 9.17) is 28.4 Å². The molecule has 17 unspecified atom stereocenters. The summed E-state index contributed by atoms with van der Waals surface area (Å²) < 4.78 is 34.1. The summed E-state index contributed by atoms with van der Waals surface area (Å²) in [6.45, 7) is 1.51. The van der Waals surface area contributed by atoms with Gasteiger partial charge in [0.25, 0.3) is 0 Å². The third-order valence-electron chi connectivity index (χ3n) is 16.9. The molecule has 3 fully saturated rings. The number of aliphatic hydroxyl groups is 11. The van der Waals surface area contributed by atoms with Crippen molar-refractivity contribution in [3.63, 3.8) is 0 Å². The zero-order valence-corrected chi connectivity index (χ0v) is 54.8. The first kappa shape index (κ1) is 81.2. The molecular formula is C71H123NO18. The summed E-state index contributed by atoms with van der Waals surface area (Å²) in [5.74, 6) is -0.282. The minimum Gasteiger partial charge on any atom is -0.394 e. The van der Waals surface area contributed by atoms with Crippen LogP contribution in [0.1, 0.15) is 226 Å². The fourth-order valence-electron chi connectivity index (χ4n) is 11.3. The Morgan fingerprint density at radius 2 is 0.767 bits per heavy atom. The van der Waals surface area contributed by atoms with Gasteiger partial charge >= 0.3 is 0 Å². The first-order chi connectivity index (χ1) is 43.8. The van der Waals surface area contributed by atoms with E-state index in [1.165, 1.54) is 109 Å². The zero-order valence-electron chi connectivity index (χ0n) is 54.8. The molecule has 0 aromatic carbocycles. The molecule has 3 rings (SSSR count). The number of hydrogen-bond acceptors (Lipinski definition) is 18. The lowest BCUT2D eigenvalue weighted by Gasteiger charge is -2.48. The smallest absolute Gasteiger partial charge is 0.220 e. The molecule has 0 saturated carbocycles. The predicted octanol–water partition coefficient (Wildman–Crippen LogP) is 9.10. The van der Waals surface area contributed by atoms with Crippen molar-refractivity contribution in [3.05, 3.63) is 85.1 Å². The molecule has 520 valence electrons. The van der Waals surface area contributed by atoms with Gasteiger partial charge in [0.1, 0.15) is 73.2 Å². The van der Waals surface area contributed by atoms with Crippen molar-refractivity contribution >= 4 is 5.91 Å². The fraction of sp³-hybridized carbons (Fsp3) is 0.789. The molecule has 90 heavy (non-hydrogen) atoms. The number of aliphatic hydroxyl groups excluding tert-OH is 11. The van der Waals surface area contributed by atoms with E-state index in [0.29, 0.717) is 6.42 Å². The van der Waals surface area contributed by atoms with E-state index < -0.39 is 124 Å². The van der Waals surface area contributed by atoms with E-state index in [1.54, 1.807) is 6.08 Å². The maximum Gasteiger partial charge on any atom is 0.220 e. The van der Waals surface area contributed by atoms with E-state index in [9.17, 15) is 61.0 Å². The van der Waals surface area contributed by atoms with Gasteiger partial charge in [-0.05, 0) is 70.6 Å². The highest BCUT2D eigenvalue weighted by Gasteiger charge is 2.53. The van der Waals surface area contributed by atoms with Gasteiger partial charge in [-0.3, -0.25) is 4.79 Å². The standard InChI is InChI=1S/C71H123NO18/c1-3-5-7-9-11-12-13-14-15-16-17-18-19-20-21-22-23-24-25-26-27-28-29-30-31-32-33-34-35-36-37-38-39-40-41-42-43-45-47-49-59(77)72-54(55(76)48-46-44-10-8-6-4-2)53-85-69-65(83)62(80)67(57(51-74)87-69)90-71-66(84)63(81)68(58(52-75)88-71)89-70-64(82)61(79)60(78)56(50-73)86-70/h5,7,11-12,14-15,17-18,20-21,23-24,46,48,54-58,60-71,73-76,78-84H,3-4,6,8-10,13,16,19,22,25-45,47,49-53H2,1-2H3,(H,72,77)/b7-5-,12-11-,15-14-,18-17-,21-20-,24-23-,48-46+. The minimum absolute atomic E-state index is 0.241. The Kier molecular flexibility index (Phi) is 47.2. The van der Waals surface area contributed by atoms with Gasteiger partial charge < -0.3 is 89.9 Å². The van der Waals surface area contributed by atoms with Crippen LogP contribution in [0.3, 0.4) is 0 Å². The molecule has 0 aliphatic carbocycles. The number of rotatable bonds is 52. The maximum atomic E-state index is 13.3. The molecule has 0 aromatic heterocycles. The molecule has 3 aliphatic heterocycles. The van der Waals surface area contributed by atoms with Crippen molar-refractivity contribution < 1.29 is 89.4 Å². The second kappa shape index (κ2) is 52.3. The van der Waals surface area contributed by atoms with Gasteiger partial charge in [-0.2, -0.15) is 0 Å². The molecule has 3 saturated heterocycles. The first-order valence-corrected chi connectivity index (χ1v) is 34.8. The average molecular weight is 1280 g/mol. The average Bonchev–Trinajstić information content (AvgIpc) is 1.11. The molecule has 3 aliphatic rings. The topological polar surface area (TPSA) is 307 Å². The van der Waals surface area contributed by atoms with Crippen molar-refractivity contribution in [2.24, 2.45) is 0 Å². The van der Waals surface area contributed by atoms with Crippen molar-refractivity contribution in [1.82, 2.24) is 5.32 Å². The second-order valence-corrected chi connectivity index (χ2v) is 24.6. The van der Waals surface area contributed by atoms with Crippen LogP contribution < -0.4 is 5.32 Å². The van der Waals surface area contributed by atoms with Crippen LogP contribution in [-0.4, -0.2) is 193 Å². The molecule has 0 bridgehead atoms. The zero-order chi connectivity index (χ0) is 65.4. The molecule has 17 atom stereocenters. The highest BCUT2D eigenvalue weighted by Crippen LogP contribution is 2.33. The number of ether oxygens (including phenoxy) is 6. The molecule has 0 spiro atoms. The van der Waals surface area contributed by atoms with Crippen molar-refractivity contribution in [3.8, 4) is 0 Å². The van der Waals surface area contributed by atoms with Crippen molar-refractivity contribution in [1.29, 1.82) is 0 Å². The van der Waals surface area contributed by atoms with E-state index in [2.05, 4.69) is 92.1 Å². The highest BCUT2D eigenvalue weighted by atomic mass is 16.8. The van der Waals surface area contributed by atoms with Gasteiger partial charge in [0.05, 0.1) is 38.6 Å². The Hall–Kier alpha value is -3.03. The summed E-state index contributed by atoms with van der Waals surface area (Å²) in [6, 6.07) is -0.971. The number of carbonyl (C=O) groups is 1. The fourth-order valence-corrected chi connectivity index (χ4v) is 11.3. The molecule has 0 aromatic rings. The van der Waals surface area contributed by atoms with Crippen LogP contribution in [0.5, 0.6) is 0 Å². The Balaban J connectivity index is 1.24. The van der Waals surface area contributed by atoms with E-state index in [0.717, 1.165) is 89.9 Å². The van der Waals surface area contributed by atoms with Crippen LogP contribution in [0.2, 0.25) is 0 Å². The Bertz CT molecular complexity index is 1960. The van der Waals surface area contributed by atoms with Crippen molar-refractivity contribution in [2.75, 3.05) is 26.4 Å². The summed E-state index contributed by atoms with van der Waals surface area (Å²) in [5.41, 5.74) is 0. The molecule has 19 heteroatoms. The number of unbranched alkanes of at least 4 members (excludes halogenated alkanes) is 24. The summed E-state index contributed by atoms with van der Waals surface area (Å²) in [7, 11) is 0. The third-order valence-corrected chi connectivity index (χ3v) is 16.9. The Morgan fingerprint density at radius 1 is 0.411 bits per heavy atom. The molecule has 19 nitrogen and oxygen atoms in total. The van der Waals surface area contributed by atoms with Gasteiger partial charge in [0.2, 0.25) is 5.91 Å². The van der Waals surface area contributed by atoms with Gasteiger partial charge in [-0.25, -0.2) is 0 Å². The van der Waals surface area contributed by atoms with Gasteiger partial charge in [-0.1, -0.05) is 234 Å². The second-order valence-electron chi connectivity index (χ2n) is 24.6. The monoisotopic (exact) mass is 1280 g/mol. The van der Waals surface area contributed by atoms with Crippen LogP contribution in [-0.2, 0) is 33.2 Å². The highest BCUT2D eigenvalue weighted by molar-refractivity contribution is 5.76. The Labute approximate surface area is 540 Å². The number of carbonyl (C=O) groups excluding carboxylic acids is 1. The van der Waals surface area contributed by atoms with Gasteiger partial charge in [-0.15, -0.1) is 0 Å². The molecule has 12 N–H and O–H groups in total. The molecule has 3 heterocycles. The lowest BCUT2D eigenvalue weighted by atomic mass is 9.96. The molecule has 0 radical (unpaired) electrons. The van der Waals surface area contributed by atoms with E-state index >= 15 is 0 Å². The van der Waals surface area contributed by atoms with Crippen LogP contribution in [0.25, 0.3) is 0 Å². The van der Waals surface area contributed by atoms with E-state index in [1.807, 2.05) is 6.08 Å². The SMILES string of the molecule is CC/C=C\C/C=C\C/C=C\C/C=C\C/C=C\C/C=C\CCCCCCCCCCCCCCCCCCCCCCC(=O)NC(COC1OC(CO)C(OC2OC(CO)C(OC3OC(CO)C(O)C(O)C3O)C(O)C2O)C(O)C1O)C(O)/C=C/CCCCCC. The van der Waals surface area contributed by atoms with Gasteiger partial charge in [0.15, 0.2) is 18.9 Å².